The number of hydrogen-bond acceptors (Lipinski definition) is 4. The summed E-state index contributed by atoms with van der Waals surface area (Å²) in [4.78, 5) is 38.1. The molecule has 0 aromatic heterocycles. The largest absolute Gasteiger partial charge is 0.442 e. The minimum Gasteiger partial charge on any atom is -0.326 e. The summed E-state index contributed by atoms with van der Waals surface area (Å²) >= 11 is 23.9. The number of halogens is 10. The molecular formula is C27H17Cl4F6N3O3S. The first-order valence-electron chi connectivity index (χ1n) is 12.2. The fourth-order valence-corrected chi connectivity index (χ4v) is 5.99. The van der Waals surface area contributed by atoms with Gasteiger partial charge in [-0.25, -0.2) is 13.2 Å². The number of thioether (sulfide) groups is 1. The Kier molecular flexibility index (Phi) is 9.96. The number of anilines is 3. The Morgan fingerprint density at radius 3 is 2.18 bits per heavy atom. The molecule has 0 heterocycles. The predicted octanol–water partition coefficient (Wildman–Crippen LogP) is 8.77. The van der Waals surface area contributed by atoms with Gasteiger partial charge in [0.05, 0.1) is 32.5 Å². The molecule has 3 aromatic rings. The lowest BCUT2D eigenvalue weighted by Gasteiger charge is -2.16. The summed E-state index contributed by atoms with van der Waals surface area (Å²) in [6.07, 6.45) is 0. The van der Waals surface area contributed by atoms with E-state index in [1.54, 1.807) is 5.32 Å². The van der Waals surface area contributed by atoms with Gasteiger partial charge >= 0.3 is 5.51 Å². The Hall–Kier alpha value is -2.84. The maximum Gasteiger partial charge on any atom is 0.442 e. The van der Waals surface area contributed by atoms with Gasteiger partial charge in [0.1, 0.15) is 21.7 Å². The molecule has 3 N–H and O–H groups in total. The first kappa shape index (κ1) is 34.0. The topological polar surface area (TPSA) is 87.3 Å². The SMILES string of the molecule is CC(SC(F)(F)F)C(=O)Nc1c(F)ccc(NC(=O)c2cc(NC(=O)[C@H]3[C@H](c4ccc(F)c(Cl)c4)C3(Cl)Cl)ccc2Cl)c1F. The first-order valence-corrected chi connectivity index (χ1v) is 14.6. The highest BCUT2D eigenvalue weighted by Crippen LogP contribution is 2.65. The Balaban J connectivity index is 1.49. The molecule has 17 heteroatoms. The molecule has 0 saturated heterocycles. The van der Waals surface area contributed by atoms with Crippen LogP contribution in [0.1, 0.15) is 28.8 Å². The quantitative estimate of drug-likeness (QED) is 0.161. The third-order valence-corrected chi connectivity index (χ3v) is 8.78. The van der Waals surface area contributed by atoms with Gasteiger partial charge in [-0.05, 0) is 66.7 Å². The van der Waals surface area contributed by atoms with Gasteiger partial charge in [0.15, 0.2) is 5.82 Å². The van der Waals surface area contributed by atoms with Gasteiger partial charge in [0.25, 0.3) is 5.91 Å². The lowest BCUT2D eigenvalue weighted by Crippen LogP contribution is -2.26. The number of alkyl halides is 5. The zero-order valence-electron chi connectivity index (χ0n) is 21.8. The minimum atomic E-state index is -4.77. The highest BCUT2D eigenvalue weighted by molar-refractivity contribution is 8.01. The third kappa shape index (κ3) is 7.51. The minimum absolute atomic E-state index is 0.0557. The molecule has 3 atom stereocenters. The molecule has 234 valence electrons. The summed E-state index contributed by atoms with van der Waals surface area (Å²) in [5.41, 5.74) is -6.29. The lowest BCUT2D eigenvalue weighted by atomic mass is 10.1. The van der Waals surface area contributed by atoms with Crippen molar-refractivity contribution >= 4 is 92.9 Å². The summed E-state index contributed by atoms with van der Waals surface area (Å²) in [5, 5.41) is 4.38. The molecular weight excluding hydrogens is 702 g/mol. The van der Waals surface area contributed by atoms with Crippen molar-refractivity contribution in [1.29, 1.82) is 0 Å². The number of rotatable bonds is 8. The molecule has 0 bridgehead atoms. The molecule has 4 rings (SSSR count). The van der Waals surface area contributed by atoms with Crippen LogP contribution in [0.2, 0.25) is 10.0 Å². The fourth-order valence-electron chi connectivity index (χ4n) is 4.20. The van der Waals surface area contributed by atoms with Gasteiger partial charge in [0, 0.05) is 11.6 Å². The van der Waals surface area contributed by atoms with E-state index in [9.17, 15) is 36.3 Å². The zero-order chi connectivity index (χ0) is 32.7. The Labute approximate surface area is 269 Å². The van der Waals surface area contributed by atoms with E-state index >= 15 is 4.39 Å². The van der Waals surface area contributed by atoms with Gasteiger partial charge in [-0.1, -0.05) is 29.3 Å². The van der Waals surface area contributed by atoms with Crippen LogP contribution < -0.4 is 16.0 Å². The summed E-state index contributed by atoms with van der Waals surface area (Å²) in [5.74, 6) is -8.19. The molecule has 3 amide bonds. The van der Waals surface area contributed by atoms with Gasteiger partial charge < -0.3 is 16.0 Å². The molecule has 3 aromatic carbocycles. The second-order valence-corrected chi connectivity index (χ2v) is 13.1. The van der Waals surface area contributed by atoms with Crippen LogP contribution in [-0.2, 0) is 9.59 Å². The van der Waals surface area contributed by atoms with E-state index < -0.39 is 85.2 Å². The molecule has 0 spiro atoms. The monoisotopic (exact) mass is 717 g/mol. The van der Waals surface area contributed by atoms with E-state index in [2.05, 4.69) is 10.6 Å². The van der Waals surface area contributed by atoms with Crippen LogP contribution >= 0.6 is 58.2 Å². The van der Waals surface area contributed by atoms with Crippen molar-refractivity contribution in [2.45, 2.75) is 27.9 Å². The number of hydrogen-bond donors (Lipinski definition) is 3. The Bertz CT molecular complexity index is 1660. The molecule has 1 fully saturated rings. The number of amides is 3. The van der Waals surface area contributed by atoms with Crippen LogP contribution in [-0.4, -0.2) is 32.8 Å². The molecule has 44 heavy (non-hydrogen) atoms. The highest BCUT2D eigenvalue weighted by Gasteiger charge is 2.67. The molecule has 0 aliphatic heterocycles. The predicted molar refractivity (Wildman–Crippen MR) is 158 cm³/mol. The molecule has 1 unspecified atom stereocenters. The van der Waals surface area contributed by atoms with Gasteiger partial charge in [-0.15, -0.1) is 23.2 Å². The van der Waals surface area contributed by atoms with Crippen LogP contribution in [0.25, 0.3) is 0 Å². The van der Waals surface area contributed by atoms with Crippen LogP contribution in [0.5, 0.6) is 0 Å². The lowest BCUT2D eigenvalue weighted by molar-refractivity contribution is -0.117. The summed E-state index contributed by atoms with van der Waals surface area (Å²) in [7, 11) is 0. The average molecular weight is 719 g/mol. The van der Waals surface area contributed by atoms with Crippen molar-refractivity contribution in [3.8, 4) is 0 Å². The third-order valence-electron chi connectivity index (χ3n) is 6.38. The smallest absolute Gasteiger partial charge is 0.326 e. The van der Waals surface area contributed by atoms with Crippen molar-refractivity contribution in [2.24, 2.45) is 5.92 Å². The van der Waals surface area contributed by atoms with E-state index in [1.165, 1.54) is 24.3 Å². The number of benzene rings is 3. The maximum absolute atomic E-state index is 15.1. The molecule has 1 aliphatic rings. The maximum atomic E-state index is 15.1. The van der Waals surface area contributed by atoms with Crippen LogP contribution in [0, 0.1) is 23.4 Å². The van der Waals surface area contributed by atoms with Crippen molar-refractivity contribution in [1.82, 2.24) is 0 Å². The summed E-state index contributed by atoms with van der Waals surface area (Å²) in [6, 6.07) is 9.03. The van der Waals surface area contributed by atoms with E-state index in [1.807, 2.05) is 0 Å². The van der Waals surface area contributed by atoms with Gasteiger partial charge in [-0.3, -0.25) is 14.4 Å². The fraction of sp³-hybridized carbons (Fsp3) is 0.222. The average Bonchev–Trinajstić information content (AvgIpc) is 3.51. The van der Waals surface area contributed by atoms with Crippen LogP contribution in [0.3, 0.4) is 0 Å². The van der Waals surface area contributed by atoms with Crippen molar-refractivity contribution in [3.05, 3.63) is 87.2 Å². The Morgan fingerprint density at radius 1 is 0.886 bits per heavy atom. The van der Waals surface area contributed by atoms with E-state index in [0.717, 1.165) is 25.1 Å². The van der Waals surface area contributed by atoms with E-state index in [0.29, 0.717) is 11.6 Å². The van der Waals surface area contributed by atoms with Gasteiger partial charge in [0.2, 0.25) is 11.8 Å². The molecule has 6 nitrogen and oxygen atoms in total. The second-order valence-electron chi connectivity index (χ2n) is 9.42. The molecule has 0 radical (unpaired) electrons. The Morgan fingerprint density at radius 2 is 1.55 bits per heavy atom. The normalized spacial score (nSPS) is 17.9. The molecule has 1 aliphatic carbocycles. The standard InChI is InChI=1S/C27H17Cl4F6N3O3S/c1-10(44-27(35,36)37)23(41)40-22-17(33)6-7-18(21(22)34)39-24(42)13-9-12(3-4-14(13)28)38-25(43)20-19(26(20,30)31)11-2-5-16(32)15(29)8-11/h2-10,19-20H,1H3,(H,38,43)(H,39,42)(H,40,41)/t10?,19-,20+/m0/s1. The highest BCUT2D eigenvalue weighted by atomic mass is 35.5. The van der Waals surface area contributed by atoms with Gasteiger partial charge in [-0.2, -0.15) is 13.2 Å². The van der Waals surface area contributed by atoms with E-state index in [-0.39, 0.29) is 21.3 Å². The van der Waals surface area contributed by atoms with Crippen molar-refractivity contribution in [2.75, 3.05) is 16.0 Å². The molecule has 1 saturated carbocycles. The number of carbonyl (C=O) groups is 3. The van der Waals surface area contributed by atoms with Crippen molar-refractivity contribution < 1.29 is 40.7 Å². The summed E-state index contributed by atoms with van der Waals surface area (Å²) < 4.78 is 79.1. The van der Waals surface area contributed by atoms with Crippen LogP contribution in [0.15, 0.2) is 48.5 Å². The second kappa shape index (κ2) is 12.9. The number of nitrogens with one attached hydrogen (secondary N) is 3. The zero-order valence-corrected chi connectivity index (χ0v) is 25.6. The van der Waals surface area contributed by atoms with E-state index in [4.69, 9.17) is 46.4 Å². The van der Waals surface area contributed by atoms with Crippen molar-refractivity contribution in [3.63, 3.8) is 0 Å². The summed E-state index contributed by atoms with van der Waals surface area (Å²) in [6.45, 7) is 0.894. The first-order chi connectivity index (χ1) is 20.4. The van der Waals surface area contributed by atoms with Crippen LogP contribution in [0.4, 0.5) is 43.4 Å². The number of carbonyl (C=O) groups excluding carboxylic acids is 3.